The zero-order valence-corrected chi connectivity index (χ0v) is 26.3. The van der Waals surface area contributed by atoms with Gasteiger partial charge in [0.2, 0.25) is 0 Å². The molecule has 0 fully saturated rings. The molecule has 0 N–H and O–H groups in total. The highest BCUT2D eigenvalue weighted by Crippen LogP contribution is 2.37. The fourth-order valence-corrected chi connectivity index (χ4v) is 6.37. The summed E-state index contributed by atoms with van der Waals surface area (Å²) in [5.74, 6) is 0.678. The van der Waals surface area contributed by atoms with Gasteiger partial charge in [-0.15, -0.1) is 0 Å². The van der Waals surface area contributed by atoms with Crippen molar-refractivity contribution in [3.8, 4) is 67.3 Å². The van der Waals surface area contributed by atoms with Crippen molar-refractivity contribution in [2.24, 2.45) is 0 Å². The standard InChI is InChI=1S/C44H29ClN2/c45-39-22-11-19-34(27-39)38-26-35-16-7-8-23-40(35)41(28-38)43-29-42(36-20-9-17-32(24-36)30-12-3-1-4-13-30)46-44(47-43)37-21-10-18-33(25-37)31-14-5-2-6-15-31/h1-29H. The smallest absolute Gasteiger partial charge is 0.160 e. The Labute approximate surface area is 279 Å². The van der Waals surface area contributed by atoms with Gasteiger partial charge in [0.15, 0.2) is 5.82 Å². The Balaban J connectivity index is 1.35. The highest BCUT2D eigenvalue weighted by molar-refractivity contribution is 6.30. The highest BCUT2D eigenvalue weighted by atomic mass is 35.5. The molecule has 0 unspecified atom stereocenters. The maximum Gasteiger partial charge on any atom is 0.160 e. The lowest BCUT2D eigenvalue weighted by atomic mass is 9.94. The van der Waals surface area contributed by atoms with Crippen LogP contribution in [-0.2, 0) is 0 Å². The summed E-state index contributed by atoms with van der Waals surface area (Å²) in [6.07, 6.45) is 0. The molecule has 47 heavy (non-hydrogen) atoms. The molecule has 1 heterocycles. The molecule has 7 aromatic carbocycles. The van der Waals surface area contributed by atoms with Gasteiger partial charge in [0.05, 0.1) is 11.4 Å². The van der Waals surface area contributed by atoms with Gasteiger partial charge in [0.25, 0.3) is 0 Å². The van der Waals surface area contributed by atoms with Crippen LogP contribution in [0.25, 0.3) is 78.1 Å². The number of fused-ring (bicyclic) bond motifs is 1. The topological polar surface area (TPSA) is 25.8 Å². The first kappa shape index (κ1) is 28.6. The van der Waals surface area contributed by atoms with Crippen molar-refractivity contribution in [2.75, 3.05) is 0 Å². The lowest BCUT2D eigenvalue weighted by Crippen LogP contribution is -1.97. The number of halogens is 1. The number of hydrogen-bond donors (Lipinski definition) is 0. The molecule has 0 aliphatic rings. The SMILES string of the molecule is Clc1cccc(-c2cc(-c3cc(-c4cccc(-c5ccccc5)c4)nc(-c4cccc(-c5ccccc5)c4)n3)c3ccccc3c2)c1. The Morgan fingerprint density at radius 2 is 0.872 bits per heavy atom. The van der Waals surface area contributed by atoms with E-state index >= 15 is 0 Å². The largest absolute Gasteiger partial charge is 0.228 e. The second-order valence-corrected chi connectivity index (χ2v) is 12.0. The van der Waals surface area contributed by atoms with E-state index in [0.29, 0.717) is 10.8 Å². The fraction of sp³-hybridized carbons (Fsp3) is 0. The number of hydrogen-bond acceptors (Lipinski definition) is 2. The van der Waals surface area contributed by atoms with Crippen molar-refractivity contribution >= 4 is 22.4 Å². The third-order valence-electron chi connectivity index (χ3n) is 8.52. The third-order valence-corrected chi connectivity index (χ3v) is 8.75. The Morgan fingerprint density at radius 1 is 0.340 bits per heavy atom. The zero-order chi connectivity index (χ0) is 31.6. The van der Waals surface area contributed by atoms with E-state index in [1.54, 1.807) is 0 Å². The van der Waals surface area contributed by atoms with Gasteiger partial charge >= 0.3 is 0 Å². The second-order valence-electron chi connectivity index (χ2n) is 11.6. The zero-order valence-electron chi connectivity index (χ0n) is 25.5. The van der Waals surface area contributed by atoms with Crippen LogP contribution in [0.15, 0.2) is 176 Å². The molecule has 2 nitrogen and oxygen atoms in total. The molecule has 222 valence electrons. The number of nitrogens with zero attached hydrogens (tertiary/aromatic N) is 2. The molecule has 0 saturated heterocycles. The van der Waals surface area contributed by atoms with Crippen LogP contribution < -0.4 is 0 Å². The van der Waals surface area contributed by atoms with Crippen molar-refractivity contribution in [3.05, 3.63) is 181 Å². The molecule has 3 heteroatoms. The van der Waals surface area contributed by atoms with Crippen LogP contribution in [-0.4, -0.2) is 9.97 Å². The van der Waals surface area contributed by atoms with Gasteiger partial charge in [-0.05, 0) is 86.6 Å². The molecule has 0 saturated carbocycles. The van der Waals surface area contributed by atoms with E-state index in [1.165, 1.54) is 5.56 Å². The predicted molar refractivity (Wildman–Crippen MR) is 197 cm³/mol. The third kappa shape index (κ3) is 5.95. The molecular formula is C44H29ClN2. The number of benzene rings is 7. The average molecular weight is 621 g/mol. The number of aromatic nitrogens is 2. The molecule has 0 spiro atoms. The predicted octanol–water partition coefficient (Wildman–Crippen LogP) is 12.3. The van der Waals surface area contributed by atoms with E-state index in [4.69, 9.17) is 21.6 Å². The van der Waals surface area contributed by atoms with E-state index < -0.39 is 0 Å². The van der Waals surface area contributed by atoms with Crippen LogP contribution in [0.4, 0.5) is 0 Å². The molecule has 8 rings (SSSR count). The summed E-state index contributed by atoms with van der Waals surface area (Å²) >= 11 is 6.44. The van der Waals surface area contributed by atoms with Crippen molar-refractivity contribution < 1.29 is 0 Å². The highest BCUT2D eigenvalue weighted by Gasteiger charge is 2.15. The first-order chi connectivity index (χ1) is 23.2. The summed E-state index contributed by atoms with van der Waals surface area (Å²) in [7, 11) is 0. The van der Waals surface area contributed by atoms with Crippen molar-refractivity contribution in [1.82, 2.24) is 9.97 Å². The lowest BCUT2D eigenvalue weighted by molar-refractivity contribution is 1.18. The molecule has 1 aromatic heterocycles. The summed E-state index contributed by atoms with van der Waals surface area (Å²) in [6.45, 7) is 0. The molecule has 0 atom stereocenters. The Kier molecular flexibility index (Phi) is 7.62. The van der Waals surface area contributed by atoms with E-state index in [2.05, 4.69) is 146 Å². The minimum atomic E-state index is 0.678. The van der Waals surface area contributed by atoms with Crippen LogP contribution in [0.2, 0.25) is 5.02 Å². The summed E-state index contributed by atoms with van der Waals surface area (Å²) in [6, 6.07) is 61.0. The summed E-state index contributed by atoms with van der Waals surface area (Å²) in [5.41, 5.74) is 11.5. The molecule has 0 bridgehead atoms. The van der Waals surface area contributed by atoms with E-state index in [0.717, 1.165) is 66.7 Å². The van der Waals surface area contributed by atoms with Gasteiger partial charge in [-0.3, -0.25) is 0 Å². The van der Waals surface area contributed by atoms with Crippen LogP contribution in [0.5, 0.6) is 0 Å². The quantitative estimate of drug-likeness (QED) is 0.185. The van der Waals surface area contributed by atoms with E-state index in [-0.39, 0.29) is 0 Å². The van der Waals surface area contributed by atoms with Gasteiger partial charge < -0.3 is 0 Å². The monoisotopic (exact) mass is 620 g/mol. The maximum atomic E-state index is 6.44. The van der Waals surface area contributed by atoms with Crippen LogP contribution in [0.1, 0.15) is 0 Å². The number of rotatable bonds is 6. The first-order valence-corrected chi connectivity index (χ1v) is 16.1. The van der Waals surface area contributed by atoms with Crippen molar-refractivity contribution in [2.45, 2.75) is 0 Å². The summed E-state index contributed by atoms with van der Waals surface area (Å²) < 4.78 is 0. The summed E-state index contributed by atoms with van der Waals surface area (Å²) in [5, 5.41) is 2.98. The van der Waals surface area contributed by atoms with Crippen molar-refractivity contribution in [3.63, 3.8) is 0 Å². The second kappa shape index (κ2) is 12.5. The minimum Gasteiger partial charge on any atom is -0.228 e. The minimum absolute atomic E-state index is 0.678. The normalized spacial score (nSPS) is 11.1. The summed E-state index contributed by atoms with van der Waals surface area (Å²) in [4.78, 5) is 10.5. The maximum absolute atomic E-state index is 6.44. The first-order valence-electron chi connectivity index (χ1n) is 15.7. The Bertz CT molecular complexity index is 2260. The van der Waals surface area contributed by atoms with Gasteiger partial charge in [0, 0.05) is 21.7 Å². The molecular weight excluding hydrogens is 592 g/mol. The van der Waals surface area contributed by atoms with Gasteiger partial charge in [-0.1, -0.05) is 145 Å². The average Bonchev–Trinajstić information content (AvgIpc) is 3.15. The van der Waals surface area contributed by atoms with Gasteiger partial charge in [0.1, 0.15) is 0 Å². The van der Waals surface area contributed by atoms with Crippen LogP contribution >= 0.6 is 11.6 Å². The Morgan fingerprint density at radius 3 is 1.57 bits per heavy atom. The van der Waals surface area contributed by atoms with E-state index in [1.807, 2.05) is 30.3 Å². The fourth-order valence-electron chi connectivity index (χ4n) is 6.18. The van der Waals surface area contributed by atoms with E-state index in [9.17, 15) is 0 Å². The van der Waals surface area contributed by atoms with Crippen LogP contribution in [0.3, 0.4) is 0 Å². The molecule has 8 aromatic rings. The van der Waals surface area contributed by atoms with Gasteiger partial charge in [-0.2, -0.15) is 0 Å². The lowest BCUT2D eigenvalue weighted by Gasteiger charge is -2.14. The molecule has 0 aliphatic heterocycles. The molecule has 0 radical (unpaired) electrons. The molecule has 0 amide bonds. The Hall–Kier alpha value is -5.83. The van der Waals surface area contributed by atoms with Crippen LogP contribution in [0, 0.1) is 0 Å². The van der Waals surface area contributed by atoms with Crippen molar-refractivity contribution in [1.29, 1.82) is 0 Å². The van der Waals surface area contributed by atoms with Gasteiger partial charge in [-0.25, -0.2) is 9.97 Å². The molecule has 0 aliphatic carbocycles.